The number of rotatable bonds is 18. The lowest BCUT2D eigenvalue weighted by Crippen LogP contribution is -2.18. The highest BCUT2D eigenvalue weighted by atomic mass is 19.4. The van der Waals surface area contributed by atoms with Crippen molar-refractivity contribution >= 4 is 11.6 Å². The van der Waals surface area contributed by atoms with Crippen LogP contribution in [0.2, 0.25) is 0 Å². The van der Waals surface area contributed by atoms with E-state index in [1.807, 2.05) is 26.0 Å². The average molecular weight is 534 g/mol. The van der Waals surface area contributed by atoms with E-state index >= 15 is 0 Å². The zero-order valence-corrected chi connectivity index (χ0v) is 23.5. The number of carbonyl (C=O) groups is 1. The Morgan fingerprint density at radius 1 is 0.816 bits per heavy atom. The van der Waals surface area contributed by atoms with Crippen LogP contribution in [-0.2, 0) is 12.6 Å². The van der Waals surface area contributed by atoms with Crippen LogP contribution in [0.4, 0.5) is 18.9 Å². The Bertz CT molecular complexity index is 956. The first kappa shape index (κ1) is 31.7. The number of benzene rings is 2. The van der Waals surface area contributed by atoms with Crippen LogP contribution in [0, 0.1) is 0 Å². The second kappa shape index (κ2) is 17.2. The Morgan fingerprint density at radius 3 is 1.92 bits per heavy atom. The third-order valence-corrected chi connectivity index (χ3v) is 6.70. The summed E-state index contributed by atoms with van der Waals surface area (Å²) < 4.78 is 45.3. The number of hydrogen-bond donors (Lipinski definition) is 1. The average Bonchev–Trinajstić information content (AvgIpc) is 2.86. The number of aryl methyl sites for hydroxylation is 1. The number of amides is 1. The van der Waals surface area contributed by atoms with Gasteiger partial charge in [0.15, 0.2) is 0 Å². The summed E-state index contributed by atoms with van der Waals surface area (Å²) in [5.41, 5.74) is 0.568. The number of ether oxygens (including phenoxy) is 1. The van der Waals surface area contributed by atoms with Crippen molar-refractivity contribution in [3.63, 3.8) is 0 Å². The molecule has 0 aliphatic carbocycles. The van der Waals surface area contributed by atoms with E-state index in [4.69, 9.17) is 4.74 Å². The van der Waals surface area contributed by atoms with Gasteiger partial charge >= 0.3 is 6.18 Å². The standard InChI is InChI=1S/C32H46F3NO2/c1-4-5-6-7-8-9-10-11-12-13-14-15-16-19-26-20-17-23-29(38-25(2)3)30(26)31(37)36-28-22-18-21-27(24-28)32(33,34)35/h17-18,20-25H,4-16,19H2,1-3H3,(H,36,37). The van der Waals surface area contributed by atoms with E-state index in [0.717, 1.165) is 37.0 Å². The number of nitrogens with one attached hydrogen (secondary N) is 1. The molecule has 0 aliphatic rings. The smallest absolute Gasteiger partial charge is 0.416 e. The van der Waals surface area contributed by atoms with Crippen LogP contribution < -0.4 is 10.1 Å². The van der Waals surface area contributed by atoms with Crippen molar-refractivity contribution in [3.05, 3.63) is 59.2 Å². The highest BCUT2D eigenvalue weighted by Gasteiger charge is 2.30. The Kier molecular flexibility index (Phi) is 14.3. The van der Waals surface area contributed by atoms with Crippen LogP contribution in [-0.4, -0.2) is 12.0 Å². The Balaban J connectivity index is 1.88. The molecular weight excluding hydrogens is 487 g/mol. The summed E-state index contributed by atoms with van der Waals surface area (Å²) >= 11 is 0. The van der Waals surface area contributed by atoms with Gasteiger partial charge in [-0.1, -0.05) is 102 Å². The predicted octanol–water partition coefficient (Wildman–Crippen LogP) is 10.4. The van der Waals surface area contributed by atoms with Gasteiger partial charge in [0, 0.05) is 5.69 Å². The van der Waals surface area contributed by atoms with E-state index < -0.39 is 17.6 Å². The largest absolute Gasteiger partial charge is 0.490 e. The van der Waals surface area contributed by atoms with Crippen molar-refractivity contribution in [3.8, 4) is 5.75 Å². The molecule has 0 radical (unpaired) electrons. The minimum Gasteiger partial charge on any atom is -0.490 e. The van der Waals surface area contributed by atoms with Crippen molar-refractivity contribution in [2.24, 2.45) is 0 Å². The molecule has 0 saturated heterocycles. The molecule has 0 bridgehead atoms. The third-order valence-electron chi connectivity index (χ3n) is 6.70. The van der Waals surface area contributed by atoms with E-state index in [-0.39, 0.29) is 11.8 Å². The summed E-state index contributed by atoms with van der Waals surface area (Å²) in [6.07, 6.45) is 12.6. The molecule has 0 atom stereocenters. The first-order valence-corrected chi connectivity index (χ1v) is 14.5. The van der Waals surface area contributed by atoms with Gasteiger partial charge in [-0.15, -0.1) is 0 Å². The Labute approximate surface area is 227 Å². The molecule has 2 aromatic carbocycles. The molecule has 0 unspecified atom stereocenters. The second-order valence-corrected chi connectivity index (χ2v) is 10.5. The summed E-state index contributed by atoms with van der Waals surface area (Å²) in [5, 5.41) is 2.65. The van der Waals surface area contributed by atoms with E-state index in [0.29, 0.717) is 11.3 Å². The highest BCUT2D eigenvalue weighted by molar-refractivity contribution is 6.07. The van der Waals surface area contributed by atoms with Crippen LogP contribution >= 0.6 is 0 Å². The van der Waals surface area contributed by atoms with E-state index in [2.05, 4.69) is 12.2 Å². The molecule has 0 heterocycles. The molecule has 2 rings (SSSR count). The molecular formula is C32H46F3NO2. The molecule has 1 N–H and O–H groups in total. The molecule has 0 aliphatic heterocycles. The van der Waals surface area contributed by atoms with Crippen molar-refractivity contribution in [1.82, 2.24) is 0 Å². The van der Waals surface area contributed by atoms with Crippen LogP contribution in [0.1, 0.15) is 126 Å². The van der Waals surface area contributed by atoms with E-state index in [1.54, 1.807) is 6.07 Å². The molecule has 6 heteroatoms. The van der Waals surface area contributed by atoms with Gasteiger partial charge in [0.2, 0.25) is 0 Å². The number of halogens is 3. The first-order chi connectivity index (χ1) is 18.2. The highest BCUT2D eigenvalue weighted by Crippen LogP contribution is 2.32. The van der Waals surface area contributed by atoms with Crippen LogP contribution in [0.3, 0.4) is 0 Å². The maximum atomic E-state index is 13.3. The molecule has 212 valence electrons. The molecule has 0 fully saturated rings. The number of alkyl halides is 3. The van der Waals surface area contributed by atoms with Crippen LogP contribution in [0.25, 0.3) is 0 Å². The van der Waals surface area contributed by atoms with Gasteiger partial charge in [-0.2, -0.15) is 13.2 Å². The molecule has 0 aromatic heterocycles. The fourth-order valence-corrected chi connectivity index (χ4v) is 4.69. The van der Waals surface area contributed by atoms with Gasteiger partial charge in [0.05, 0.1) is 17.2 Å². The molecule has 3 nitrogen and oxygen atoms in total. The Hall–Kier alpha value is -2.50. The summed E-state index contributed by atoms with van der Waals surface area (Å²) in [4.78, 5) is 13.3. The number of hydrogen-bond acceptors (Lipinski definition) is 2. The summed E-state index contributed by atoms with van der Waals surface area (Å²) in [7, 11) is 0. The van der Waals surface area contributed by atoms with E-state index in [1.165, 1.54) is 82.8 Å². The maximum absolute atomic E-state index is 13.3. The lowest BCUT2D eigenvalue weighted by atomic mass is 9.98. The molecule has 38 heavy (non-hydrogen) atoms. The predicted molar refractivity (Wildman–Crippen MR) is 151 cm³/mol. The molecule has 0 spiro atoms. The maximum Gasteiger partial charge on any atom is 0.416 e. The summed E-state index contributed by atoms with van der Waals surface area (Å²) in [5.74, 6) is 0.00180. The molecule has 0 saturated carbocycles. The van der Waals surface area contributed by atoms with Crippen LogP contribution in [0.15, 0.2) is 42.5 Å². The number of unbranched alkanes of at least 4 members (excludes halogenated alkanes) is 12. The lowest BCUT2D eigenvalue weighted by molar-refractivity contribution is -0.137. The number of carbonyl (C=O) groups excluding carboxylic acids is 1. The van der Waals surface area contributed by atoms with Gasteiger partial charge < -0.3 is 10.1 Å². The van der Waals surface area contributed by atoms with E-state index in [9.17, 15) is 18.0 Å². The minimum atomic E-state index is -4.47. The van der Waals surface area contributed by atoms with Gasteiger partial charge in [-0.25, -0.2) is 0 Å². The minimum absolute atomic E-state index is 0.107. The van der Waals surface area contributed by atoms with Gasteiger partial charge in [-0.05, 0) is 56.5 Å². The number of anilines is 1. The van der Waals surface area contributed by atoms with Gasteiger partial charge in [0.25, 0.3) is 5.91 Å². The fraction of sp³-hybridized carbons (Fsp3) is 0.594. The van der Waals surface area contributed by atoms with Gasteiger partial charge in [0.1, 0.15) is 5.75 Å². The first-order valence-electron chi connectivity index (χ1n) is 14.5. The monoisotopic (exact) mass is 533 g/mol. The third kappa shape index (κ3) is 11.9. The Morgan fingerprint density at radius 2 is 1.37 bits per heavy atom. The zero-order valence-electron chi connectivity index (χ0n) is 23.5. The van der Waals surface area contributed by atoms with Crippen molar-refractivity contribution in [2.75, 3.05) is 5.32 Å². The quantitative estimate of drug-likeness (QED) is 0.194. The second-order valence-electron chi connectivity index (χ2n) is 10.5. The fourth-order valence-electron chi connectivity index (χ4n) is 4.69. The van der Waals surface area contributed by atoms with Crippen molar-refractivity contribution in [1.29, 1.82) is 0 Å². The molecule has 1 amide bonds. The van der Waals surface area contributed by atoms with Crippen molar-refractivity contribution in [2.45, 2.75) is 123 Å². The summed E-state index contributed by atoms with van der Waals surface area (Å²) in [6.45, 7) is 6.01. The van der Waals surface area contributed by atoms with Crippen LogP contribution in [0.5, 0.6) is 5.75 Å². The molecule has 2 aromatic rings. The van der Waals surface area contributed by atoms with Crippen molar-refractivity contribution < 1.29 is 22.7 Å². The van der Waals surface area contributed by atoms with Gasteiger partial charge in [-0.3, -0.25) is 4.79 Å². The SMILES string of the molecule is CCCCCCCCCCCCCCCc1cccc(OC(C)C)c1C(=O)Nc1cccc(C(F)(F)F)c1. The summed E-state index contributed by atoms with van der Waals surface area (Å²) in [6, 6.07) is 10.2. The normalized spacial score (nSPS) is 11.7. The topological polar surface area (TPSA) is 38.3 Å². The lowest BCUT2D eigenvalue weighted by Gasteiger charge is -2.18. The zero-order chi connectivity index (χ0) is 27.8.